The summed E-state index contributed by atoms with van der Waals surface area (Å²) in [5.74, 6) is 0. The van der Waals surface area contributed by atoms with Gasteiger partial charge < -0.3 is 0 Å². The highest BCUT2D eigenvalue weighted by Gasteiger charge is 2.30. The number of benzene rings is 1. The lowest BCUT2D eigenvalue weighted by molar-refractivity contribution is -0.140. The van der Waals surface area contributed by atoms with Gasteiger partial charge in [-0.15, -0.1) is 0 Å². The summed E-state index contributed by atoms with van der Waals surface area (Å²) in [5, 5.41) is 7.43. The van der Waals surface area contributed by atoms with Gasteiger partial charge in [-0.1, -0.05) is 23.7 Å². The molecule has 0 aliphatic heterocycles. The molecule has 0 unspecified atom stereocenters. The van der Waals surface area contributed by atoms with Crippen LogP contribution in [-0.4, -0.2) is 25.9 Å². The Morgan fingerprint density at radius 3 is 2.67 bits per heavy atom. The maximum absolute atomic E-state index is 13.1. The molecule has 5 nitrogen and oxygen atoms in total. The maximum Gasteiger partial charge on any atom is 0.406 e. The average molecular weight is 393 g/mol. The van der Waals surface area contributed by atoms with E-state index in [4.69, 9.17) is 11.6 Å². The zero-order valence-corrected chi connectivity index (χ0v) is 14.7. The van der Waals surface area contributed by atoms with Crippen LogP contribution in [0.25, 0.3) is 32.9 Å². The molecule has 0 fully saturated rings. The largest absolute Gasteiger partial charge is 0.406 e. The molecule has 0 aliphatic carbocycles. The van der Waals surface area contributed by atoms with E-state index < -0.39 is 18.3 Å². The molecule has 4 rings (SSSR count). The van der Waals surface area contributed by atoms with E-state index in [1.54, 1.807) is 37.3 Å². The van der Waals surface area contributed by atoms with Crippen molar-refractivity contribution in [3.05, 3.63) is 57.7 Å². The Morgan fingerprint density at radius 1 is 1.19 bits per heavy atom. The summed E-state index contributed by atoms with van der Waals surface area (Å²) in [4.78, 5) is 16.8. The van der Waals surface area contributed by atoms with Crippen molar-refractivity contribution in [3.63, 3.8) is 0 Å². The molecule has 0 saturated carbocycles. The highest BCUT2D eigenvalue weighted by Crippen LogP contribution is 2.30. The van der Waals surface area contributed by atoms with Crippen LogP contribution in [0.1, 0.15) is 5.69 Å². The van der Waals surface area contributed by atoms with Crippen LogP contribution < -0.4 is 5.56 Å². The fraction of sp³-hybridized carbons (Fsp3) is 0.167. The lowest BCUT2D eigenvalue weighted by Crippen LogP contribution is -2.28. The second-order valence-electron chi connectivity index (χ2n) is 6.16. The Hall–Kier alpha value is -2.87. The number of aryl methyl sites for hydroxylation is 1. The van der Waals surface area contributed by atoms with E-state index in [-0.39, 0.29) is 10.9 Å². The molecule has 4 aromatic rings. The number of nitrogens with zero attached hydrogens (tertiary/aromatic N) is 3. The van der Waals surface area contributed by atoms with E-state index in [2.05, 4.69) is 15.2 Å². The molecule has 0 amide bonds. The first kappa shape index (κ1) is 17.5. The number of rotatable bonds is 2. The third-order valence-electron chi connectivity index (χ3n) is 4.37. The Kier molecular flexibility index (Phi) is 3.96. The van der Waals surface area contributed by atoms with Gasteiger partial charge in [-0.25, -0.2) is 4.98 Å². The highest BCUT2D eigenvalue weighted by molar-refractivity contribution is 6.29. The second kappa shape index (κ2) is 6.09. The van der Waals surface area contributed by atoms with Crippen LogP contribution in [0.15, 0.2) is 41.3 Å². The molecule has 1 aromatic carbocycles. The van der Waals surface area contributed by atoms with Crippen LogP contribution in [0.2, 0.25) is 5.15 Å². The minimum atomic E-state index is -4.54. The topological polar surface area (TPSA) is 63.6 Å². The molecular weight excluding hydrogens is 381 g/mol. The minimum absolute atomic E-state index is 0.115. The van der Waals surface area contributed by atoms with Crippen molar-refractivity contribution in [3.8, 4) is 11.1 Å². The Labute approximate surface area is 155 Å². The van der Waals surface area contributed by atoms with Crippen molar-refractivity contribution >= 4 is 33.4 Å². The molecular formula is C18H12ClF3N4O. The summed E-state index contributed by atoms with van der Waals surface area (Å²) < 4.78 is 40.0. The summed E-state index contributed by atoms with van der Waals surface area (Å²) in [6.07, 6.45) is -3.30. The summed E-state index contributed by atoms with van der Waals surface area (Å²) in [6, 6.07) is 8.34. The van der Waals surface area contributed by atoms with E-state index in [1.807, 2.05) is 0 Å². The van der Waals surface area contributed by atoms with Crippen molar-refractivity contribution < 1.29 is 13.2 Å². The molecule has 1 N–H and O–H groups in total. The number of hydrogen-bond acceptors (Lipinski definition) is 3. The first-order chi connectivity index (χ1) is 12.7. The normalized spacial score (nSPS) is 12.2. The van der Waals surface area contributed by atoms with E-state index in [1.165, 1.54) is 6.20 Å². The van der Waals surface area contributed by atoms with Crippen LogP contribution in [0.4, 0.5) is 13.2 Å². The number of aromatic nitrogens is 4. The lowest BCUT2D eigenvalue weighted by atomic mass is 10.0. The molecule has 0 saturated heterocycles. The summed E-state index contributed by atoms with van der Waals surface area (Å²) in [6.45, 7) is 0.372. The van der Waals surface area contributed by atoms with Crippen molar-refractivity contribution in [2.24, 2.45) is 0 Å². The van der Waals surface area contributed by atoms with Crippen molar-refractivity contribution in [1.29, 1.82) is 0 Å². The first-order valence-electron chi connectivity index (χ1n) is 7.94. The maximum atomic E-state index is 13.1. The molecule has 3 aromatic heterocycles. The van der Waals surface area contributed by atoms with Crippen molar-refractivity contribution in [1.82, 2.24) is 19.7 Å². The SMILES string of the molecule is Cc1nc(Cl)ccc1-c1ccc2c3[nH]ncc3c(=O)n(CC(F)(F)F)c2c1. The molecule has 0 atom stereocenters. The number of pyridine rings is 2. The standard InChI is InChI=1S/C18H12ClF3N4O/c1-9-11(4-5-15(19)24-9)10-2-3-12-14(6-10)26(8-18(20,21)22)17(27)13-7-23-25-16(12)13/h2-7H,8H2,1H3,(H,23,25). The lowest BCUT2D eigenvalue weighted by Gasteiger charge is -2.15. The smallest absolute Gasteiger partial charge is 0.298 e. The second-order valence-corrected chi connectivity index (χ2v) is 6.55. The van der Waals surface area contributed by atoms with E-state index in [0.717, 1.165) is 10.1 Å². The average Bonchev–Trinajstić information content (AvgIpc) is 3.07. The molecule has 0 aliphatic rings. The molecule has 9 heteroatoms. The van der Waals surface area contributed by atoms with Gasteiger partial charge in [0.15, 0.2) is 0 Å². The molecule has 138 valence electrons. The Balaban J connectivity index is 2.05. The Bertz CT molecular complexity index is 1240. The summed E-state index contributed by atoms with van der Waals surface area (Å²) >= 11 is 5.88. The molecule has 0 spiro atoms. The number of nitrogens with one attached hydrogen (secondary N) is 1. The van der Waals surface area contributed by atoms with Gasteiger partial charge in [0.2, 0.25) is 0 Å². The first-order valence-corrected chi connectivity index (χ1v) is 8.32. The van der Waals surface area contributed by atoms with E-state index in [9.17, 15) is 18.0 Å². The summed E-state index contributed by atoms with van der Waals surface area (Å²) in [5.41, 5.74) is 1.82. The minimum Gasteiger partial charge on any atom is -0.298 e. The van der Waals surface area contributed by atoms with Crippen molar-refractivity contribution in [2.45, 2.75) is 19.6 Å². The number of hydrogen-bond donors (Lipinski definition) is 1. The van der Waals surface area contributed by atoms with E-state index in [0.29, 0.717) is 27.3 Å². The zero-order valence-electron chi connectivity index (χ0n) is 13.9. The number of alkyl halides is 3. The van der Waals surface area contributed by atoms with Crippen LogP contribution in [-0.2, 0) is 6.54 Å². The van der Waals surface area contributed by atoms with Crippen LogP contribution in [0.3, 0.4) is 0 Å². The number of H-pyrrole nitrogens is 1. The van der Waals surface area contributed by atoms with Gasteiger partial charge in [0.05, 0.1) is 22.6 Å². The predicted molar refractivity (Wildman–Crippen MR) is 96.9 cm³/mol. The third kappa shape index (κ3) is 3.06. The van der Waals surface area contributed by atoms with Gasteiger partial charge in [-0.2, -0.15) is 18.3 Å². The third-order valence-corrected chi connectivity index (χ3v) is 4.58. The van der Waals surface area contributed by atoms with Gasteiger partial charge in [-0.3, -0.25) is 14.5 Å². The molecule has 27 heavy (non-hydrogen) atoms. The van der Waals surface area contributed by atoms with E-state index >= 15 is 0 Å². The van der Waals surface area contributed by atoms with Crippen LogP contribution in [0, 0.1) is 6.92 Å². The fourth-order valence-corrected chi connectivity index (χ4v) is 3.40. The van der Waals surface area contributed by atoms with Gasteiger partial charge >= 0.3 is 6.18 Å². The van der Waals surface area contributed by atoms with Crippen LogP contribution in [0.5, 0.6) is 0 Å². The van der Waals surface area contributed by atoms with Gasteiger partial charge in [-0.05, 0) is 30.7 Å². The molecule has 3 heterocycles. The fourth-order valence-electron chi connectivity index (χ4n) is 3.21. The zero-order chi connectivity index (χ0) is 19.3. The summed E-state index contributed by atoms with van der Waals surface area (Å²) in [7, 11) is 0. The van der Waals surface area contributed by atoms with Crippen molar-refractivity contribution in [2.75, 3.05) is 0 Å². The predicted octanol–water partition coefficient (Wildman–Crippen LogP) is 4.46. The molecule has 0 radical (unpaired) electrons. The number of fused-ring (bicyclic) bond motifs is 3. The number of halogens is 4. The quantitative estimate of drug-likeness (QED) is 0.512. The molecule has 0 bridgehead atoms. The van der Waals surface area contributed by atoms with Crippen LogP contribution >= 0.6 is 11.6 Å². The monoisotopic (exact) mass is 392 g/mol. The Morgan fingerprint density at radius 2 is 1.96 bits per heavy atom. The van der Waals surface area contributed by atoms with Gasteiger partial charge in [0, 0.05) is 16.6 Å². The number of aromatic amines is 1. The van der Waals surface area contributed by atoms with Gasteiger partial charge in [0.25, 0.3) is 5.56 Å². The van der Waals surface area contributed by atoms with Gasteiger partial charge in [0.1, 0.15) is 11.7 Å². The highest BCUT2D eigenvalue weighted by atomic mass is 35.5.